The zero-order valence-corrected chi connectivity index (χ0v) is 11.3. The molecule has 0 bridgehead atoms. The van der Waals surface area contributed by atoms with E-state index in [2.05, 4.69) is 29.1 Å². The summed E-state index contributed by atoms with van der Waals surface area (Å²) in [5, 5.41) is 5.19. The van der Waals surface area contributed by atoms with E-state index in [0.717, 1.165) is 24.0 Å². The molecule has 0 aliphatic carbocycles. The molecule has 1 aliphatic heterocycles. The van der Waals surface area contributed by atoms with Gasteiger partial charge in [-0.3, -0.25) is 4.99 Å². The third kappa shape index (κ3) is 2.98. The van der Waals surface area contributed by atoms with Crippen molar-refractivity contribution in [2.75, 3.05) is 6.54 Å². The number of thiazole rings is 1. The minimum absolute atomic E-state index is 0.690. The van der Waals surface area contributed by atoms with E-state index in [1.54, 1.807) is 11.3 Å². The molecule has 1 aliphatic rings. The topological polar surface area (TPSA) is 37.3 Å². The summed E-state index contributed by atoms with van der Waals surface area (Å²) in [4.78, 5) is 10.1. The maximum atomic E-state index is 4.52. The van der Waals surface area contributed by atoms with Crippen LogP contribution in [0.5, 0.6) is 0 Å². The summed E-state index contributed by atoms with van der Waals surface area (Å²) >= 11 is 3.59. The van der Waals surface area contributed by atoms with Crippen molar-refractivity contribution in [3.63, 3.8) is 0 Å². The first kappa shape index (κ1) is 11.9. The SMILES string of the molecule is CCCC1CN=C(NCc2scnc2C)S1. The van der Waals surface area contributed by atoms with Crippen molar-refractivity contribution >= 4 is 28.3 Å². The molecule has 2 heterocycles. The van der Waals surface area contributed by atoms with Crippen LogP contribution in [0.4, 0.5) is 0 Å². The van der Waals surface area contributed by atoms with Crippen molar-refractivity contribution in [3.8, 4) is 0 Å². The minimum Gasteiger partial charge on any atom is -0.360 e. The number of nitrogens with zero attached hydrogens (tertiary/aromatic N) is 2. The minimum atomic E-state index is 0.690. The molecule has 0 fully saturated rings. The lowest BCUT2D eigenvalue weighted by molar-refractivity contribution is 0.754. The van der Waals surface area contributed by atoms with Crippen LogP contribution in [0, 0.1) is 6.92 Å². The highest BCUT2D eigenvalue weighted by atomic mass is 32.2. The Bertz CT molecular complexity index is 373. The molecular weight excluding hydrogens is 238 g/mol. The zero-order chi connectivity index (χ0) is 11.4. The van der Waals surface area contributed by atoms with Crippen LogP contribution >= 0.6 is 23.1 Å². The molecule has 16 heavy (non-hydrogen) atoms. The van der Waals surface area contributed by atoms with Gasteiger partial charge in [-0.05, 0) is 13.3 Å². The van der Waals surface area contributed by atoms with E-state index < -0.39 is 0 Å². The maximum Gasteiger partial charge on any atom is 0.157 e. The third-order valence-corrected chi connectivity index (χ3v) is 4.72. The number of aliphatic imine (C=N–C) groups is 1. The van der Waals surface area contributed by atoms with Gasteiger partial charge in [0.05, 0.1) is 24.3 Å². The standard InChI is InChI=1S/C11H17N3S2/c1-3-4-9-5-12-11(16-9)13-6-10-8(2)14-7-15-10/h7,9H,3-6H2,1-2H3,(H,12,13). The number of hydrogen-bond donors (Lipinski definition) is 1. The monoisotopic (exact) mass is 255 g/mol. The van der Waals surface area contributed by atoms with E-state index in [-0.39, 0.29) is 0 Å². The van der Waals surface area contributed by atoms with Crippen molar-refractivity contribution in [1.29, 1.82) is 0 Å². The molecule has 0 radical (unpaired) electrons. The fourth-order valence-corrected chi connectivity index (χ4v) is 3.48. The molecule has 0 saturated carbocycles. The predicted octanol–water partition coefficient (Wildman–Crippen LogP) is 2.81. The van der Waals surface area contributed by atoms with E-state index in [1.807, 2.05) is 17.3 Å². The Balaban J connectivity index is 1.78. The lowest BCUT2D eigenvalue weighted by atomic mass is 10.2. The molecule has 88 valence electrons. The second-order valence-corrected chi connectivity index (χ2v) is 6.12. The number of thioether (sulfide) groups is 1. The molecule has 1 atom stereocenters. The van der Waals surface area contributed by atoms with Crippen LogP contribution in [0.3, 0.4) is 0 Å². The van der Waals surface area contributed by atoms with E-state index in [0.29, 0.717) is 5.25 Å². The summed E-state index contributed by atoms with van der Waals surface area (Å²) in [6.45, 7) is 6.12. The normalized spacial score (nSPS) is 19.9. The van der Waals surface area contributed by atoms with Crippen LogP contribution in [0.2, 0.25) is 0 Å². The average Bonchev–Trinajstić information content (AvgIpc) is 2.86. The molecule has 5 heteroatoms. The molecule has 0 spiro atoms. The van der Waals surface area contributed by atoms with Gasteiger partial charge in [0, 0.05) is 10.1 Å². The molecule has 0 saturated heterocycles. The van der Waals surface area contributed by atoms with Crippen LogP contribution in [-0.4, -0.2) is 21.9 Å². The molecule has 1 aromatic rings. The molecule has 1 aromatic heterocycles. The van der Waals surface area contributed by atoms with Gasteiger partial charge in [-0.1, -0.05) is 25.1 Å². The van der Waals surface area contributed by atoms with Gasteiger partial charge < -0.3 is 5.32 Å². The number of aromatic nitrogens is 1. The maximum absolute atomic E-state index is 4.52. The van der Waals surface area contributed by atoms with E-state index in [9.17, 15) is 0 Å². The number of hydrogen-bond acceptors (Lipinski definition) is 5. The van der Waals surface area contributed by atoms with Gasteiger partial charge in [-0.2, -0.15) is 0 Å². The Labute approximate surface area is 105 Å². The second kappa shape index (κ2) is 5.68. The summed E-state index contributed by atoms with van der Waals surface area (Å²) in [5.74, 6) is 0. The van der Waals surface area contributed by atoms with Crippen LogP contribution in [0.25, 0.3) is 0 Å². The van der Waals surface area contributed by atoms with Crippen LogP contribution < -0.4 is 5.32 Å². The third-order valence-electron chi connectivity index (χ3n) is 2.57. The Hall–Kier alpha value is -0.550. The van der Waals surface area contributed by atoms with Crippen LogP contribution in [0.1, 0.15) is 30.3 Å². The first-order valence-electron chi connectivity index (χ1n) is 5.63. The van der Waals surface area contributed by atoms with Gasteiger partial charge in [-0.15, -0.1) is 11.3 Å². The smallest absolute Gasteiger partial charge is 0.157 e. The van der Waals surface area contributed by atoms with Gasteiger partial charge in [0.1, 0.15) is 0 Å². The fourth-order valence-electron chi connectivity index (χ4n) is 1.64. The van der Waals surface area contributed by atoms with E-state index in [4.69, 9.17) is 0 Å². The van der Waals surface area contributed by atoms with E-state index >= 15 is 0 Å². The molecular formula is C11H17N3S2. The molecule has 1 unspecified atom stereocenters. The Morgan fingerprint density at radius 1 is 1.56 bits per heavy atom. The molecule has 2 rings (SSSR count). The first-order valence-corrected chi connectivity index (χ1v) is 7.39. The van der Waals surface area contributed by atoms with Gasteiger partial charge >= 0.3 is 0 Å². The average molecular weight is 255 g/mol. The number of nitrogens with one attached hydrogen (secondary N) is 1. The second-order valence-electron chi connectivity index (χ2n) is 3.89. The van der Waals surface area contributed by atoms with Crippen LogP contribution in [0.15, 0.2) is 10.5 Å². The van der Waals surface area contributed by atoms with Gasteiger partial charge in [0.15, 0.2) is 5.17 Å². The summed E-state index contributed by atoms with van der Waals surface area (Å²) in [7, 11) is 0. The quantitative estimate of drug-likeness (QED) is 0.899. The predicted molar refractivity (Wildman–Crippen MR) is 72.3 cm³/mol. The molecule has 0 amide bonds. The lowest BCUT2D eigenvalue weighted by Gasteiger charge is -2.07. The highest BCUT2D eigenvalue weighted by Gasteiger charge is 2.18. The summed E-state index contributed by atoms with van der Waals surface area (Å²) < 4.78 is 0. The molecule has 0 aromatic carbocycles. The van der Waals surface area contributed by atoms with Crippen molar-refractivity contribution in [1.82, 2.24) is 10.3 Å². The van der Waals surface area contributed by atoms with Gasteiger partial charge in [-0.25, -0.2) is 4.98 Å². The van der Waals surface area contributed by atoms with E-state index in [1.165, 1.54) is 17.7 Å². The van der Waals surface area contributed by atoms with Crippen LogP contribution in [-0.2, 0) is 6.54 Å². The Kier molecular flexibility index (Phi) is 4.23. The molecule has 3 nitrogen and oxygen atoms in total. The van der Waals surface area contributed by atoms with Gasteiger partial charge in [0.2, 0.25) is 0 Å². The Morgan fingerprint density at radius 2 is 2.44 bits per heavy atom. The van der Waals surface area contributed by atoms with Crippen molar-refractivity contribution in [3.05, 3.63) is 16.1 Å². The Morgan fingerprint density at radius 3 is 3.12 bits per heavy atom. The lowest BCUT2D eigenvalue weighted by Crippen LogP contribution is -2.18. The van der Waals surface area contributed by atoms with Crippen molar-refractivity contribution in [2.45, 2.75) is 38.5 Å². The first-order chi connectivity index (χ1) is 7.79. The fraction of sp³-hybridized carbons (Fsp3) is 0.636. The largest absolute Gasteiger partial charge is 0.360 e. The number of aryl methyl sites for hydroxylation is 1. The van der Waals surface area contributed by atoms with Gasteiger partial charge in [0.25, 0.3) is 0 Å². The molecule has 1 N–H and O–H groups in total. The van der Waals surface area contributed by atoms with Crippen molar-refractivity contribution in [2.24, 2.45) is 4.99 Å². The highest BCUT2D eigenvalue weighted by molar-refractivity contribution is 8.14. The summed E-state index contributed by atoms with van der Waals surface area (Å²) in [5.41, 5.74) is 3.03. The highest BCUT2D eigenvalue weighted by Crippen LogP contribution is 2.24. The summed E-state index contributed by atoms with van der Waals surface area (Å²) in [6.07, 6.45) is 2.51. The summed E-state index contributed by atoms with van der Waals surface area (Å²) in [6, 6.07) is 0. The van der Waals surface area contributed by atoms with Crippen molar-refractivity contribution < 1.29 is 0 Å². The number of amidine groups is 1. The number of rotatable bonds is 4. The zero-order valence-electron chi connectivity index (χ0n) is 9.69.